The highest BCUT2D eigenvalue weighted by molar-refractivity contribution is 5.86. The highest BCUT2D eigenvalue weighted by atomic mass is 15.3. The highest BCUT2D eigenvalue weighted by Gasteiger charge is 2.30. The van der Waals surface area contributed by atoms with Crippen molar-refractivity contribution in [1.29, 1.82) is 64.5 Å². The number of aliphatic imine (C=N–C) groups is 9. The molecule has 0 amide bonds. The average Bonchev–Trinajstić information content (AvgIpc) is 1.74. The quantitative estimate of drug-likeness (QED) is 0.0185. The second-order valence-corrected chi connectivity index (χ2v) is 35.5. The fourth-order valence-corrected chi connectivity index (χ4v) is 10.6. The van der Waals surface area contributed by atoms with Crippen LogP contribution < -0.4 is 73.3 Å². The van der Waals surface area contributed by atoms with Gasteiger partial charge < -0.3 is 121 Å². The van der Waals surface area contributed by atoms with Gasteiger partial charge in [0.25, 0.3) is 0 Å². The lowest BCUT2D eigenvalue weighted by molar-refractivity contribution is 0.412. The molecule has 46 nitrogen and oxygen atoms in total. The molecule has 6 rings (SSSR count). The van der Waals surface area contributed by atoms with Crippen LogP contribution in [0, 0.1) is 101 Å². The molecule has 150 heavy (non-hydrogen) atoms. The molecule has 876 valence electrons. The highest BCUT2D eigenvalue weighted by Crippen LogP contribution is 2.32. The Morgan fingerprint density at radius 3 is 0.620 bits per heavy atom. The minimum absolute atomic E-state index is 0.127. The second kappa shape index (κ2) is 112. The normalized spacial score (nSPS) is 13.7. The zero-order valence-corrected chi connectivity index (χ0v) is 102. The zero-order chi connectivity index (χ0) is 119. The summed E-state index contributed by atoms with van der Waals surface area (Å²) in [7, 11) is 22.8. The van der Waals surface area contributed by atoms with Crippen LogP contribution in [-0.2, 0) is 0 Å². The Kier molecular flexibility index (Phi) is 122. The zero-order valence-electron chi connectivity index (χ0n) is 102. The Morgan fingerprint density at radius 1 is 0.273 bits per heavy atom. The Labute approximate surface area is 914 Å². The summed E-state index contributed by atoms with van der Waals surface area (Å²) in [6, 6.07) is 1.39. The van der Waals surface area contributed by atoms with Gasteiger partial charge in [-0.1, -0.05) is 57.8 Å². The topological polar surface area (TPSA) is 732 Å². The van der Waals surface area contributed by atoms with Crippen LogP contribution in [0.2, 0.25) is 0 Å². The fourth-order valence-electron chi connectivity index (χ4n) is 10.6. The van der Waals surface area contributed by atoms with Gasteiger partial charge in [0.05, 0.1) is 76.3 Å². The van der Waals surface area contributed by atoms with E-state index in [1.807, 2.05) is 210 Å². The number of amidine groups is 11. The summed E-state index contributed by atoms with van der Waals surface area (Å²) in [5.74, 6) is 12.2. The van der Waals surface area contributed by atoms with Crippen molar-refractivity contribution in [2.24, 2.45) is 120 Å². The smallest absolute Gasteiger partial charge is 0.209 e. The van der Waals surface area contributed by atoms with Crippen molar-refractivity contribution < 1.29 is 0 Å². The monoisotopic (exact) mass is 2120 g/mol. The SMILES string of the molecule is CCN(C)C(=N)C1CC1.CCN(C)C(=N)C1CC1.CCN(C)C(=N)C1CC1.CCN(C)C(=N)N.CCN(C)C(=N)N.CCN(C)C(=NC1CCCCC1)NC#N.CCN(C)C(=NC1CCCCC1)NC#N.CCN(C)C(C)=N.CCN(C)C(C)=N.CCN(C)C(C)=N.CCN(C)C(C)=N.CCN(C)C(N)=NC#N.CCN=C(C)N.CCN=C(C)N.CCN=C(C)N.CCN=C(C)N.CCN=C(N)N.CCN=C(N)NC1CCCCC1. The van der Waals surface area contributed by atoms with Gasteiger partial charge >= 0.3 is 0 Å². The number of guanidine groups is 7. The molecule has 0 atom stereocenters. The lowest BCUT2D eigenvalue weighted by Crippen LogP contribution is -2.41. The van der Waals surface area contributed by atoms with E-state index in [-0.39, 0.29) is 23.8 Å². The van der Waals surface area contributed by atoms with E-state index < -0.39 is 0 Å². The Bertz CT molecular complexity index is 3380. The first-order chi connectivity index (χ1) is 70.3. The second-order valence-electron chi connectivity index (χ2n) is 35.5. The maximum absolute atomic E-state index is 8.64. The standard InChI is InChI=1S/2C11H20N4.C9H19N3.3C7H14N2.C5H10N4.4C5H12N2.2C4H11N3.4C4H10N2.C3H9N3/c2*1-3-15(2)11(13-9-12)14-10-7-5-4-6-8-10;1-2-11-9(10)12-8-6-4-3-5-7-8;3*1-3-9(2)7(8)6-4-5-6;1-3-9(2)5(7)8-4-6;4*1-4-7(3)5(2)6;2*1-3-7(2)4(5)6;4*1-3-6-4(2)5;1-2-6-3(4)5/h2*10H,3-8H2,1-2H3,(H,13,14);8H,2-7H2,1H3,(H3,10,11,12);3*6,8H,3-5H2,1-2H3;3H2,1-2H3,(H2,7,8);4*6H,4H2,1-3H3;2*3H2,1-2H3,(H3,5,6);4*3H2,1-2H3,(H2,5,6);2H2,1H3,(H4,4,5,6). The van der Waals surface area contributed by atoms with Crippen LogP contribution in [-0.4, -0.2) is 385 Å². The third-order valence-corrected chi connectivity index (χ3v) is 22.6. The molecule has 32 N–H and O–H groups in total. The van der Waals surface area contributed by atoms with Crippen molar-refractivity contribution in [3.8, 4) is 18.6 Å². The lowest BCUT2D eigenvalue weighted by Gasteiger charge is -2.22. The van der Waals surface area contributed by atoms with Crippen molar-refractivity contribution in [2.45, 2.75) is 333 Å². The molecule has 6 fully saturated rings. The molecule has 0 unspecified atom stereocenters. The van der Waals surface area contributed by atoms with Gasteiger partial charge in [0.2, 0.25) is 24.1 Å². The molecule has 0 aromatic heterocycles. The molecular weight excluding hydrogens is 1890 g/mol. The van der Waals surface area contributed by atoms with Gasteiger partial charge in [-0.15, -0.1) is 4.99 Å². The summed E-state index contributed by atoms with van der Waals surface area (Å²) in [5, 5.41) is 98.2. The molecule has 0 heterocycles. The molecule has 0 aromatic rings. The maximum Gasteiger partial charge on any atom is 0.209 e. The van der Waals surface area contributed by atoms with E-state index in [0.717, 1.165) is 154 Å². The van der Waals surface area contributed by atoms with Crippen molar-refractivity contribution in [2.75, 3.05) is 202 Å². The van der Waals surface area contributed by atoms with Crippen LogP contribution in [0.1, 0.15) is 315 Å². The van der Waals surface area contributed by atoms with Gasteiger partial charge in [0.1, 0.15) is 0 Å². The van der Waals surface area contributed by atoms with E-state index in [1.165, 1.54) is 109 Å². The molecular formula is C104H230N46. The van der Waals surface area contributed by atoms with Crippen LogP contribution in [0.4, 0.5) is 0 Å². The van der Waals surface area contributed by atoms with Gasteiger partial charge in [-0.05, 0) is 257 Å². The first kappa shape index (κ1) is 163. The van der Waals surface area contributed by atoms with Crippen molar-refractivity contribution in [3.05, 3.63) is 0 Å². The molecule has 0 saturated heterocycles. The van der Waals surface area contributed by atoms with Gasteiger partial charge in [-0.25, -0.2) is 9.98 Å². The number of nitrogens with zero attached hydrogens (tertiary/aromatic N) is 24. The minimum Gasteiger partial charge on any atom is -0.388 e. The van der Waals surface area contributed by atoms with Crippen molar-refractivity contribution in [1.82, 2.24) is 74.7 Å². The van der Waals surface area contributed by atoms with Crippen LogP contribution in [0.5, 0.6) is 0 Å². The summed E-state index contributed by atoms with van der Waals surface area (Å²) < 4.78 is 0. The van der Waals surface area contributed by atoms with Crippen molar-refractivity contribution in [3.63, 3.8) is 0 Å². The summed E-state index contributed by atoms with van der Waals surface area (Å²) in [6.45, 7) is 65.5. The van der Waals surface area contributed by atoms with E-state index in [0.29, 0.717) is 107 Å². The molecule has 6 aliphatic rings. The number of hydrogen-bond donors (Lipinski definition) is 22. The molecule has 46 heteroatoms. The summed E-state index contributed by atoms with van der Waals surface area (Å²) in [4.78, 5) is 58.0. The van der Waals surface area contributed by atoms with E-state index in [9.17, 15) is 0 Å². The van der Waals surface area contributed by atoms with Crippen LogP contribution in [0.3, 0.4) is 0 Å². The molecule has 0 bridgehead atoms. The number of hydrogen-bond acceptors (Lipinski definition) is 21. The predicted octanol–water partition coefficient (Wildman–Crippen LogP) is 12.6. The maximum atomic E-state index is 8.64. The van der Waals surface area contributed by atoms with E-state index in [4.69, 9.17) is 122 Å². The molecule has 0 aromatic carbocycles. The molecule has 6 saturated carbocycles. The van der Waals surface area contributed by atoms with Gasteiger partial charge in [-0.3, -0.25) is 89.3 Å². The van der Waals surface area contributed by atoms with Gasteiger partial charge in [-0.2, -0.15) is 15.8 Å². The summed E-state index contributed by atoms with van der Waals surface area (Å²) in [5.41, 5.74) is 51.5. The molecule has 0 aliphatic heterocycles. The van der Waals surface area contributed by atoms with E-state index in [2.05, 4.69) is 95.5 Å². The first-order valence-corrected chi connectivity index (χ1v) is 53.8. The lowest BCUT2D eigenvalue weighted by atomic mass is 9.96. The predicted molar refractivity (Wildman–Crippen MR) is 652 cm³/mol. The van der Waals surface area contributed by atoms with Crippen LogP contribution >= 0.6 is 0 Å². The first-order valence-electron chi connectivity index (χ1n) is 53.8. The molecule has 6 aliphatic carbocycles. The Hall–Kier alpha value is -12.5. The Morgan fingerprint density at radius 2 is 0.487 bits per heavy atom. The molecule has 0 radical (unpaired) electrons. The number of nitriles is 3. The van der Waals surface area contributed by atoms with Gasteiger partial charge in [0.15, 0.2) is 36.2 Å². The number of nitrogens with one attached hydrogen (secondary N) is 12. The average molecular weight is 2130 g/mol. The van der Waals surface area contributed by atoms with E-state index in [1.54, 1.807) is 97.4 Å². The minimum atomic E-state index is 0.127. The van der Waals surface area contributed by atoms with Crippen molar-refractivity contribution >= 4 is 106 Å². The van der Waals surface area contributed by atoms with Crippen LogP contribution in [0.25, 0.3) is 0 Å². The van der Waals surface area contributed by atoms with Gasteiger partial charge in [0, 0.05) is 226 Å². The summed E-state index contributed by atoms with van der Waals surface area (Å²) >= 11 is 0. The Balaban J connectivity index is -0.000000136. The summed E-state index contributed by atoms with van der Waals surface area (Å²) in [6.07, 6.45) is 31.9. The number of rotatable bonds is 24. The molecule has 0 spiro atoms. The van der Waals surface area contributed by atoms with E-state index >= 15 is 0 Å². The number of nitrogens with two attached hydrogens (primary N) is 10. The third-order valence-electron chi connectivity index (χ3n) is 22.6. The third kappa shape index (κ3) is 119. The van der Waals surface area contributed by atoms with Crippen LogP contribution in [0.15, 0.2) is 44.9 Å². The largest absolute Gasteiger partial charge is 0.388 e. The fraction of sp³-hybridized carbons (Fsp3) is 0.798.